The van der Waals surface area contributed by atoms with E-state index < -0.39 is 0 Å². The number of phenolic OH excluding ortho intramolecular Hbond substituents is 1. The standard InChI is InChI=1S/C45H37N3O.Pt/c1-29(2)31-20-24-34(25-21-31)47-40-17-10-15-36(39(40)28-42(47)33-12-6-5-7-13-33)37-16-11-18-41-44(37)46-45(38-14-8-9-19-43(38)49)48(41)35-26-22-32(23-27-35)30(3)4;/h5-12,14-27,29-30,49H,1-4H3;/q-2;+2. The van der Waals surface area contributed by atoms with Crippen LogP contribution < -0.4 is 0 Å². The molecule has 0 unspecified atom stereocenters. The van der Waals surface area contributed by atoms with Crippen molar-refractivity contribution in [3.63, 3.8) is 0 Å². The van der Waals surface area contributed by atoms with Crippen LogP contribution in [0.2, 0.25) is 0 Å². The fraction of sp³-hybridized carbons (Fsp3) is 0.133. The maximum absolute atomic E-state index is 11.0. The number of para-hydroxylation sites is 2. The largest absolute Gasteiger partial charge is 2.00 e. The zero-order valence-corrected chi connectivity index (χ0v) is 30.7. The van der Waals surface area contributed by atoms with Crippen LogP contribution in [0.4, 0.5) is 0 Å². The van der Waals surface area contributed by atoms with Crippen LogP contribution in [-0.2, 0) is 21.1 Å². The van der Waals surface area contributed by atoms with Gasteiger partial charge in [0.15, 0.2) is 0 Å². The Kier molecular flexibility index (Phi) is 9.07. The van der Waals surface area contributed by atoms with Gasteiger partial charge in [0.2, 0.25) is 0 Å². The zero-order valence-electron chi connectivity index (χ0n) is 28.5. The minimum atomic E-state index is 0. The first-order valence-electron chi connectivity index (χ1n) is 16.9. The van der Waals surface area contributed by atoms with Gasteiger partial charge in [0, 0.05) is 11.4 Å². The summed E-state index contributed by atoms with van der Waals surface area (Å²) in [5, 5.41) is 12.0. The number of phenols is 1. The Morgan fingerprint density at radius 1 is 0.580 bits per heavy atom. The predicted molar refractivity (Wildman–Crippen MR) is 202 cm³/mol. The molecule has 0 saturated carbocycles. The fourth-order valence-electron chi connectivity index (χ4n) is 6.81. The third kappa shape index (κ3) is 5.78. The number of fused-ring (bicyclic) bond motifs is 2. The molecule has 0 saturated heterocycles. The number of benzene rings is 6. The average molecular weight is 831 g/mol. The molecule has 2 heterocycles. The van der Waals surface area contributed by atoms with Gasteiger partial charge in [-0.1, -0.05) is 100.0 Å². The van der Waals surface area contributed by atoms with Gasteiger partial charge in [-0.2, -0.15) is 30.3 Å². The summed E-state index contributed by atoms with van der Waals surface area (Å²) < 4.78 is 4.45. The Hall–Kier alpha value is -5.18. The van der Waals surface area contributed by atoms with Crippen LogP contribution in [0.25, 0.3) is 67.1 Å². The molecule has 0 bridgehead atoms. The molecule has 0 fully saturated rings. The van der Waals surface area contributed by atoms with Crippen molar-refractivity contribution in [1.82, 2.24) is 14.1 Å². The van der Waals surface area contributed by atoms with Crippen molar-refractivity contribution in [2.24, 2.45) is 0 Å². The third-order valence-electron chi connectivity index (χ3n) is 9.47. The molecule has 0 aliphatic carbocycles. The quantitative estimate of drug-likeness (QED) is 0.163. The first-order chi connectivity index (χ1) is 23.9. The second-order valence-corrected chi connectivity index (χ2v) is 13.2. The van der Waals surface area contributed by atoms with Crippen molar-refractivity contribution >= 4 is 21.9 Å². The summed E-state index contributed by atoms with van der Waals surface area (Å²) >= 11 is 0. The van der Waals surface area contributed by atoms with E-state index in [4.69, 9.17) is 4.98 Å². The normalized spacial score (nSPS) is 11.5. The molecule has 50 heavy (non-hydrogen) atoms. The molecular formula is C45H37N3OPt. The molecule has 8 rings (SSSR count). The van der Waals surface area contributed by atoms with Gasteiger partial charge < -0.3 is 9.67 Å². The number of nitrogens with zero attached hydrogens (tertiary/aromatic N) is 3. The number of hydrogen-bond donors (Lipinski definition) is 1. The van der Waals surface area contributed by atoms with Gasteiger partial charge in [-0.25, -0.2) is 10.5 Å². The molecule has 0 spiro atoms. The van der Waals surface area contributed by atoms with Crippen LogP contribution in [0.3, 0.4) is 0 Å². The molecule has 1 N–H and O–H groups in total. The third-order valence-corrected chi connectivity index (χ3v) is 9.47. The summed E-state index contributed by atoms with van der Waals surface area (Å²) in [4.78, 5) is 5.31. The van der Waals surface area contributed by atoms with E-state index >= 15 is 0 Å². The molecule has 6 aromatic carbocycles. The molecule has 248 valence electrons. The summed E-state index contributed by atoms with van der Waals surface area (Å²) in [5.41, 5.74) is 12.2. The van der Waals surface area contributed by atoms with E-state index in [9.17, 15) is 5.11 Å². The van der Waals surface area contributed by atoms with E-state index in [2.05, 4.69) is 140 Å². The van der Waals surface area contributed by atoms with E-state index in [0.717, 1.165) is 55.7 Å². The van der Waals surface area contributed by atoms with Crippen LogP contribution in [-0.4, -0.2) is 19.2 Å². The molecule has 4 nitrogen and oxygen atoms in total. The summed E-state index contributed by atoms with van der Waals surface area (Å²) in [6, 6.07) is 53.1. The Morgan fingerprint density at radius 2 is 1.16 bits per heavy atom. The molecule has 2 aromatic heterocycles. The van der Waals surface area contributed by atoms with Gasteiger partial charge in [0.25, 0.3) is 0 Å². The summed E-state index contributed by atoms with van der Waals surface area (Å²) in [7, 11) is 0. The smallest absolute Gasteiger partial charge is 0.507 e. The molecule has 0 amide bonds. The summed E-state index contributed by atoms with van der Waals surface area (Å²) in [6.07, 6.45) is 0. The van der Waals surface area contributed by atoms with E-state index in [0.29, 0.717) is 23.2 Å². The summed E-state index contributed by atoms with van der Waals surface area (Å²) in [6.45, 7) is 8.84. The minimum absolute atomic E-state index is 0. The Labute approximate surface area is 308 Å². The van der Waals surface area contributed by atoms with Crippen LogP contribution in [0, 0.1) is 12.1 Å². The van der Waals surface area contributed by atoms with Gasteiger partial charge in [0.1, 0.15) is 11.6 Å². The van der Waals surface area contributed by atoms with Crippen LogP contribution >= 0.6 is 0 Å². The second-order valence-electron chi connectivity index (χ2n) is 13.2. The topological polar surface area (TPSA) is 43.0 Å². The van der Waals surface area contributed by atoms with Gasteiger partial charge in [-0.05, 0) is 76.5 Å². The van der Waals surface area contributed by atoms with Gasteiger partial charge in [-0.15, -0.1) is 17.1 Å². The number of imidazole rings is 1. The van der Waals surface area contributed by atoms with Crippen molar-refractivity contribution in [2.75, 3.05) is 0 Å². The second kappa shape index (κ2) is 13.6. The van der Waals surface area contributed by atoms with E-state index in [1.165, 1.54) is 11.1 Å². The monoisotopic (exact) mass is 830 g/mol. The van der Waals surface area contributed by atoms with E-state index in [-0.39, 0.29) is 26.8 Å². The number of aromatic nitrogens is 3. The van der Waals surface area contributed by atoms with Gasteiger partial charge in [0.05, 0.1) is 16.6 Å². The predicted octanol–water partition coefficient (Wildman–Crippen LogP) is 11.5. The van der Waals surface area contributed by atoms with E-state index in [1.807, 2.05) is 36.4 Å². The molecule has 5 heteroatoms. The van der Waals surface area contributed by atoms with Crippen LogP contribution in [0.15, 0.2) is 133 Å². The minimum Gasteiger partial charge on any atom is -0.507 e. The van der Waals surface area contributed by atoms with E-state index in [1.54, 1.807) is 6.07 Å². The van der Waals surface area contributed by atoms with Crippen LogP contribution in [0.5, 0.6) is 5.75 Å². The molecule has 0 radical (unpaired) electrons. The molecule has 8 aromatic rings. The molecule has 0 aliphatic rings. The Balaban J connectivity index is 0.00000392. The molecule has 0 atom stereocenters. The fourth-order valence-corrected chi connectivity index (χ4v) is 6.81. The van der Waals surface area contributed by atoms with Crippen molar-refractivity contribution < 1.29 is 26.2 Å². The number of aromatic hydroxyl groups is 1. The summed E-state index contributed by atoms with van der Waals surface area (Å²) in [5.74, 6) is 1.76. The average Bonchev–Trinajstić information content (AvgIpc) is 3.72. The zero-order chi connectivity index (χ0) is 33.6. The first-order valence-corrected chi connectivity index (χ1v) is 16.9. The number of rotatable bonds is 7. The number of hydrogen-bond acceptors (Lipinski definition) is 2. The SMILES string of the molecule is CC(C)c1ccc(-n2c(-c3[c-]cccc3)[c-]c3c(-c4cccc5c4nc(-c4ccccc4O)n5-c4ccc(C(C)C)cc4)cccc32)cc1.[Pt+2]. The molecular weight excluding hydrogens is 794 g/mol. The van der Waals surface area contributed by atoms with Crippen molar-refractivity contribution in [3.05, 3.63) is 157 Å². The molecule has 0 aliphatic heterocycles. The first kappa shape index (κ1) is 33.3. The maximum Gasteiger partial charge on any atom is 2.00 e. The Bertz CT molecular complexity index is 2440. The maximum atomic E-state index is 11.0. The van der Waals surface area contributed by atoms with Gasteiger partial charge in [-0.3, -0.25) is 4.57 Å². The van der Waals surface area contributed by atoms with Crippen molar-refractivity contribution in [3.8, 4) is 50.9 Å². The Morgan fingerprint density at radius 3 is 1.78 bits per heavy atom. The van der Waals surface area contributed by atoms with Gasteiger partial charge >= 0.3 is 21.1 Å². The van der Waals surface area contributed by atoms with Crippen molar-refractivity contribution in [1.29, 1.82) is 0 Å². The van der Waals surface area contributed by atoms with Crippen LogP contribution in [0.1, 0.15) is 50.7 Å². The van der Waals surface area contributed by atoms with Crippen molar-refractivity contribution in [2.45, 2.75) is 39.5 Å².